The van der Waals surface area contributed by atoms with Crippen LogP contribution in [0.4, 0.5) is 4.79 Å². The van der Waals surface area contributed by atoms with Gasteiger partial charge in [-0.3, -0.25) is 4.79 Å². The van der Waals surface area contributed by atoms with Gasteiger partial charge in [-0.25, -0.2) is 0 Å². The van der Waals surface area contributed by atoms with Crippen LogP contribution in [0.5, 0.6) is 0 Å². The van der Waals surface area contributed by atoms with E-state index in [0.29, 0.717) is 9.92 Å². The Morgan fingerprint density at radius 3 is 2.67 bits per heavy atom. The van der Waals surface area contributed by atoms with Crippen LogP contribution in [0.2, 0.25) is 5.02 Å². The van der Waals surface area contributed by atoms with Gasteiger partial charge in [0.25, 0.3) is 4.57 Å². The van der Waals surface area contributed by atoms with Crippen molar-refractivity contribution < 1.29 is 4.79 Å². The fourth-order valence-electron chi connectivity index (χ4n) is 0.644. The van der Waals surface area contributed by atoms with Crippen molar-refractivity contribution in [1.29, 1.82) is 0 Å². The molecule has 0 N–H and O–H groups in total. The van der Waals surface area contributed by atoms with E-state index in [1.54, 1.807) is 18.2 Å². The SMILES string of the molecule is O=C(Cl)Sc1ccc(Br)cc1Cl. The molecule has 1 nitrogen and oxygen atoms in total. The smallest absolute Gasteiger partial charge is 0.268 e. The number of rotatable bonds is 1. The minimum absolute atomic E-state index is 0.487. The van der Waals surface area contributed by atoms with Crippen molar-refractivity contribution in [3.63, 3.8) is 0 Å². The molecule has 64 valence electrons. The van der Waals surface area contributed by atoms with Crippen LogP contribution in [0.25, 0.3) is 0 Å². The maximum absolute atomic E-state index is 10.5. The lowest BCUT2D eigenvalue weighted by atomic mass is 10.4. The standard InChI is InChI=1S/C7H3BrCl2OS/c8-4-1-2-6(5(9)3-4)12-7(10)11/h1-3H. The van der Waals surface area contributed by atoms with E-state index in [1.807, 2.05) is 0 Å². The number of hydrogen-bond acceptors (Lipinski definition) is 2. The van der Waals surface area contributed by atoms with Crippen molar-refractivity contribution >= 4 is 55.5 Å². The average molecular weight is 286 g/mol. The molecule has 0 aliphatic carbocycles. The third-order valence-electron chi connectivity index (χ3n) is 1.08. The second-order valence-electron chi connectivity index (χ2n) is 1.91. The largest absolute Gasteiger partial charge is 0.284 e. The number of carbonyl (C=O) groups excluding carboxylic acids is 1. The third-order valence-corrected chi connectivity index (χ3v) is 2.97. The summed E-state index contributed by atoms with van der Waals surface area (Å²) in [5, 5.41) is 0.517. The van der Waals surface area contributed by atoms with E-state index in [4.69, 9.17) is 23.2 Å². The van der Waals surface area contributed by atoms with Crippen LogP contribution >= 0.6 is 50.9 Å². The van der Waals surface area contributed by atoms with Crippen LogP contribution in [0, 0.1) is 0 Å². The van der Waals surface area contributed by atoms with Crippen LogP contribution in [-0.2, 0) is 0 Å². The van der Waals surface area contributed by atoms with E-state index in [-0.39, 0.29) is 0 Å². The number of hydrogen-bond donors (Lipinski definition) is 0. The molecule has 1 rings (SSSR count). The van der Waals surface area contributed by atoms with Crippen molar-refractivity contribution in [2.45, 2.75) is 4.90 Å². The summed E-state index contributed by atoms with van der Waals surface area (Å²) in [6.45, 7) is 0. The third kappa shape index (κ3) is 2.98. The van der Waals surface area contributed by atoms with Gasteiger partial charge in [-0.05, 0) is 41.6 Å². The van der Waals surface area contributed by atoms with Crippen LogP contribution in [0.15, 0.2) is 27.6 Å². The van der Waals surface area contributed by atoms with Gasteiger partial charge >= 0.3 is 0 Å². The lowest BCUT2D eigenvalue weighted by Gasteiger charge is -1.99. The van der Waals surface area contributed by atoms with Crippen molar-refractivity contribution in [2.75, 3.05) is 0 Å². The van der Waals surface area contributed by atoms with Crippen molar-refractivity contribution in [3.8, 4) is 0 Å². The fourth-order valence-corrected chi connectivity index (χ4v) is 2.15. The molecule has 0 saturated heterocycles. The Hall–Kier alpha value is 0.300. The second kappa shape index (κ2) is 4.51. The highest BCUT2D eigenvalue weighted by molar-refractivity contribution is 9.10. The summed E-state index contributed by atoms with van der Waals surface area (Å²) in [4.78, 5) is 11.2. The molecule has 0 heterocycles. The van der Waals surface area contributed by atoms with E-state index in [2.05, 4.69) is 15.9 Å². The Morgan fingerprint density at radius 1 is 1.50 bits per heavy atom. The molecule has 0 amide bonds. The molecular formula is C7H3BrCl2OS. The first-order chi connectivity index (χ1) is 5.59. The first-order valence-corrected chi connectivity index (χ1v) is 5.28. The zero-order chi connectivity index (χ0) is 9.14. The zero-order valence-corrected chi connectivity index (χ0v) is 9.60. The molecule has 1 aromatic carbocycles. The van der Waals surface area contributed by atoms with Gasteiger partial charge in [-0.15, -0.1) is 0 Å². The van der Waals surface area contributed by atoms with Gasteiger partial charge in [-0.2, -0.15) is 0 Å². The first kappa shape index (κ1) is 10.4. The molecule has 0 radical (unpaired) electrons. The molecule has 0 fully saturated rings. The van der Waals surface area contributed by atoms with Crippen LogP contribution in [0.3, 0.4) is 0 Å². The first-order valence-electron chi connectivity index (χ1n) is 2.92. The Morgan fingerprint density at radius 2 is 2.17 bits per heavy atom. The molecule has 0 aliphatic rings. The summed E-state index contributed by atoms with van der Waals surface area (Å²) < 4.78 is 0.387. The number of thioether (sulfide) groups is 1. The van der Waals surface area contributed by atoms with Gasteiger partial charge in [0.15, 0.2) is 0 Å². The van der Waals surface area contributed by atoms with E-state index < -0.39 is 4.57 Å². The van der Waals surface area contributed by atoms with Crippen molar-refractivity contribution in [3.05, 3.63) is 27.7 Å². The molecule has 1 aromatic rings. The van der Waals surface area contributed by atoms with E-state index >= 15 is 0 Å². The summed E-state index contributed by atoms with van der Waals surface area (Å²) >= 11 is 15.1. The molecule has 0 aromatic heterocycles. The molecule has 0 aliphatic heterocycles. The topological polar surface area (TPSA) is 17.1 Å². The Labute approximate surface area is 92.6 Å². The van der Waals surface area contributed by atoms with E-state index in [0.717, 1.165) is 16.2 Å². The summed E-state index contributed by atoms with van der Waals surface area (Å²) in [6.07, 6.45) is 0. The van der Waals surface area contributed by atoms with Gasteiger partial charge < -0.3 is 0 Å². The highest BCUT2D eigenvalue weighted by Crippen LogP contribution is 2.31. The molecule has 0 spiro atoms. The predicted molar refractivity (Wildman–Crippen MR) is 56.3 cm³/mol. The number of carbonyl (C=O) groups is 1. The maximum Gasteiger partial charge on any atom is 0.284 e. The van der Waals surface area contributed by atoms with Crippen LogP contribution < -0.4 is 0 Å². The molecule has 0 bridgehead atoms. The zero-order valence-electron chi connectivity index (χ0n) is 5.68. The van der Waals surface area contributed by atoms with Crippen molar-refractivity contribution in [2.24, 2.45) is 0 Å². The summed E-state index contributed by atoms with van der Waals surface area (Å²) in [5.41, 5.74) is 0. The Balaban J connectivity index is 2.93. The Kier molecular flexibility index (Phi) is 3.90. The number of benzene rings is 1. The summed E-state index contributed by atoms with van der Waals surface area (Å²) in [6, 6.07) is 5.25. The summed E-state index contributed by atoms with van der Waals surface area (Å²) in [7, 11) is 0. The number of halogens is 3. The molecule has 12 heavy (non-hydrogen) atoms. The van der Waals surface area contributed by atoms with Crippen LogP contribution in [0.1, 0.15) is 0 Å². The molecule has 0 unspecified atom stereocenters. The van der Waals surface area contributed by atoms with E-state index in [9.17, 15) is 4.79 Å². The normalized spacial score (nSPS) is 9.92. The maximum atomic E-state index is 10.5. The fraction of sp³-hybridized carbons (Fsp3) is 0. The lowest BCUT2D eigenvalue weighted by molar-refractivity contribution is 0.276. The average Bonchev–Trinajstić information content (AvgIpc) is 1.94. The van der Waals surface area contributed by atoms with E-state index in [1.165, 1.54) is 0 Å². The highest BCUT2D eigenvalue weighted by Gasteiger charge is 2.05. The van der Waals surface area contributed by atoms with Crippen LogP contribution in [-0.4, -0.2) is 4.57 Å². The monoisotopic (exact) mass is 284 g/mol. The Bertz CT molecular complexity index is 316. The van der Waals surface area contributed by atoms with Gasteiger partial charge in [0.1, 0.15) is 0 Å². The van der Waals surface area contributed by atoms with Gasteiger partial charge in [-0.1, -0.05) is 27.5 Å². The minimum Gasteiger partial charge on any atom is -0.268 e. The molecular weight excluding hydrogens is 283 g/mol. The van der Waals surface area contributed by atoms with Crippen molar-refractivity contribution in [1.82, 2.24) is 0 Å². The summed E-state index contributed by atoms with van der Waals surface area (Å²) in [5.74, 6) is 0. The quantitative estimate of drug-likeness (QED) is 0.556. The van der Waals surface area contributed by atoms with Gasteiger partial charge in [0.2, 0.25) is 0 Å². The molecule has 5 heteroatoms. The predicted octanol–water partition coefficient (Wildman–Crippen LogP) is 4.55. The van der Waals surface area contributed by atoms with Gasteiger partial charge in [0.05, 0.1) is 5.02 Å². The second-order valence-corrected chi connectivity index (χ2v) is 4.82. The van der Waals surface area contributed by atoms with Gasteiger partial charge in [0, 0.05) is 9.37 Å². The lowest BCUT2D eigenvalue weighted by Crippen LogP contribution is -1.77. The molecule has 0 atom stereocenters. The molecule has 0 saturated carbocycles. The minimum atomic E-state index is -0.487. The highest BCUT2D eigenvalue weighted by atomic mass is 79.9.